The first kappa shape index (κ1) is 11.3. The normalized spacial score (nSPS) is 14.5. The van der Waals surface area contributed by atoms with Crippen LogP contribution in [0.25, 0.3) is 0 Å². The summed E-state index contributed by atoms with van der Waals surface area (Å²) in [7, 11) is 0. The van der Waals surface area contributed by atoms with Crippen molar-refractivity contribution in [2.24, 2.45) is 10.9 Å². The zero-order chi connectivity index (χ0) is 9.56. The summed E-state index contributed by atoms with van der Waals surface area (Å²) in [4.78, 5) is 15.0. The molecule has 0 aliphatic carbocycles. The number of carbonyl (C=O) groups excluding carboxylic acids is 1. The van der Waals surface area contributed by atoms with E-state index in [4.69, 9.17) is 5.11 Å². The number of aliphatic hydroxyl groups is 1. The molecule has 0 saturated heterocycles. The van der Waals surface area contributed by atoms with Crippen molar-refractivity contribution in [1.82, 2.24) is 0 Å². The monoisotopic (exact) mass is 171 g/mol. The van der Waals surface area contributed by atoms with Gasteiger partial charge in [-0.15, -0.1) is 0 Å². The van der Waals surface area contributed by atoms with Gasteiger partial charge in [0, 0.05) is 11.6 Å². The van der Waals surface area contributed by atoms with Gasteiger partial charge in [-0.3, -0.25) is 4.79 Å². The fourth-order valence-electron chi connectivity index (χ4n) is 0.667. The van der Waals surface area contributed by atoms with E-state index >= 15 is 0 Å². The average molecular weight is 171 g/mol. The predicted octanol–water partition coefficient (Wildman–Crippen LogP) is 1.40. The Morgan fingerprint density at radius 3 is 2.42 bits per heavy atom. The van der Waals surface area contributed by atoms with E-state index in [1.54, 1.807) is 0 Å². The number of aliphatic hydroxyl groups excluding tert-OH is 1. The van der Waals surface area contributed by atoms with Crippen LogP contribution in [0.4, 0.5) is 0 Å². The Balaban J connectivity index is 4.20. The van der Waals surface area contributed by atoms with Gasteiger partial charge in [0.25, 0.3) is 0 Å². The standard InChI is InChI=1S/C9H17NO2/c1-4-7(3)9(12)10-8(5-2)6-11/h7,11H,4-6H2,1-3H3. The van der Waals surface area contributed by atoms with Crippen molar-refractivity contribution in [3.8, 4) is 0 Å². The van der Waals surface area contributed by atoms with Gasteiger partial charge in [0.05, 0.1) is 6.61 Å². The van der Waals surface area contributed by atoms with Crippen molar-refractivity contribution < 1.29 is 9.90 Å². The predicted molar refractivity (Wildman–Crippen MR) is 49.3 cm³/mol. The SMILES string of the molecule is CCC(CO)=NC(=O)C(C)CC. The highest BCUT2D eigenvalue weighted by molar-refractivity contribution is 5.96. The number of nitrogens with zero attached hydrogens (tertiary/aromatic N) is 1. The molecular formula is C9H17NO2. The lowest BCUT2D eigenvalue weighted by Gasteiger charge is -2.03. The summed E-state index contributed by atoms with van der Waals surface area (Å²) >= 11 is 0. The van der Waals surface area contributed by atoms with Crippen molar-refractivity contribution in [2.75, 3.05) is 6.61 Å². The van der Waals surface area contributed by atoms with Crippen molar-refractivity contribution in [3.05, 3.63) is 0 Å². The van der Waals surface area contributed by atoms with E-state index in [-0.39, 0.29) is 18.4 Å². The van der Waals surface area contributed by atoms with Crippen LogP contribution in [-0.2, 0) is 4.79 Å². The van der Waals surface area contributed by atoms with Gasteiger partial charge < -0.3 is 5.11 Å². The van der Waals surface area contributed by atoms with Gasteiger partial charge in [-0.25, -0.2) is 4.99 Å². The first-order valence-corrected chi connectivity index (χ1v) is 4.36. The van der Waals surface area contributed by atoms with Gasteiger partial charge in [0.2, 0.25) is 5.91 Å². The molecule has 0 radical (unpaired) electrons. The van der Waals surface area contributed by atoms with Gasteiger partial charge in [-0.1, -0.05) is 20.8 Å². The van der Waals surface area contributed by atoms with Crippen LogP contribution >= 0.6 is 0 Å². The van der Waals surface area contributed by atoms with E-state index in [9.17, 15) is 4.79 Å². The molecule has 0 fully saturated rings. The molecule has 0 aromatic carbocycles. The van der Waals surface area contributed by atoms with Gasteiger partial charge >= 0.3 is 0 Å². The summed E-state index contributed by atoms with van der Waals surface area (Å²) in [5.74, 6) is -0.151. The van der Waals surface area contributed by atoms with E-state index in [1.165, 1.54) is 0 Å². The molecule has 70 valence electrons. The van der Waals surface area contributed by atoms with E-state index in [2.05, 4.69) is 4.99 Å². The maximum absolute atomic E-state index is 11.2. The highest BCUT2D eigenvalue weighted by Gasteiger charge is 2.09. The minimum atomic E-state index is -0.122. The largest absolute Gasteiger partial charge is 0.390 e. The maximum atomic E-state index is 11.2. The second-order valence-corrected chi connectivity index (χ2v) is 2.84. The molecule has 1 amide bonds. The van der Waals surface area contributed by atoms with Gasteiger partial charge in [-0.2, -0.15) is 0 Å². The molecule has 1 atom stereocenters. The van der Waals surface area contributed by atoms with Crippen molar-refractivity contribution in [2.45, 2.75) is 33.6 Å². The fraction of sp³-hybridized carbons (Fsp3) is 0.778. The van der Waals surface area contributed by atoms with Gasteiger partial charge in [0.1, 0.15) is 0 Å². The minimum Gasteiger partial charge on any atom is -0.390 e. The first-order valence-electron chi connectivity index (χ1n) is 4.36. The maximum Gasteiger partial charge on any atom is 0.248 e. The number of hydrogen-bond acceptors (Lipinski definition) is 2. The third-order valence-corrected chi connectivity index (χ3v) is 1.89. The summed E-state index contributed by atoms with van der Waals surface area (Å²) in [6.45, 7) is 5.55. The molecule has 1 N–H and O–H groups in total. The molecule has 0 rings (SSSR count). The molecule has 0 spiro atoms. The number of amides is 1. The number of rotatable bonds is 4. The molecule has 0 aromatic heterocycles. The second kappa shape index (κ2) is 5.89. The average Bonchev–Trinajstić information content (AvgIpc) is 2.12. The molecule has 0 bridgehead atoms. The Bertz CT molecular complexity index is 169. The Morgan fingerprint density at radius 2 is 2.08 bits per heavy atom. The molecule has 0 aliphatic rings. The van der Waals surface area contributed by atoms with E-state index in [1.807, 2.05) is 20.8 Å². The van der Waals surface area contributed by atoms with Gasteiger partial charge in [-0.05, 0) is 12.8 Å². The van der Waals surface area contributed by atoms with E-state index in [0.29, 0.717) is 12.1 Å². The summed E-state index contributed by atoms with van der Waals surface area (Å²) < 4.78 is 0. The highest BCUT2D eigenvalue weighted by Crippen LogP contribution is 2.03. The van der Waals surface area contributed by atoms with Crippen LogP contribution in [-0.4, -0.2) is 23.3 Å². The lowest BCUT2D eigenvalue weighted by Crippen LogP contribution is -2.12. The second-order valence-electron chi connectivity index (χ2n) is 2.84. The lowest BCUT2D eigenvalue weighted by molar-refractivity contribution is -0.121. The number of hydrogen-bond donors (Lipinski definition) is 1. The number of carbonyl (C=O) groups is 1. The Labute approximate surface area is 73.5 Å². The molecule has 0 saturated carbocycles. The third-order valence-electron chi connectivity index (χ3n) is 1.89. The van der Waals surface area contributed by atoms with Crippen LogP contribution < -0.4 is 0 Å². The highest BCUT2D eigenvalue weighted by atomic mass is 16.3. The summed E-state index contributed by atoms with van der Waals surface area (Å²) in [6.07, 6.45) is 1.43. The van der Waals surface area contributed by atoms with E-state index < -0.39 is 0 Å². The van der Waals surface area contributed by atoms with Crippen LogP contribution in [0.5, 0.6) is 0 Å². The van der Waals surface area contributed by atoms with Crippen molar-refractivity contribution in [1.29, 1.82) is 0 Å². The van der Waals surface area contributed by atoms with Crippen LogP contribution in [0.15, 0.2) is 4.99 Å². The Kier molecular flexibility index (Phi) is 5.54. The quantitative estimate of drug-likeness (QED) is 0.650. The van der Waals surface area contributed by atoms with Gasteiger partial charge in [0.15, 0.2) is 0 Å². The summed E-state index contributed by atoms with van der Waals surface area (Å²) in [5.41, 5.74) is 0.570. The molecule has 1 unspecified atom stereocenters. The van der Waals surface area contributed by atoms with Crippen LogP contribution in [0.3, 0.4) is 0 Å². The molecule has 3 nitrogen and oxygen atoms in total. The molecule has 12 heavy (non-hydrogen) atoms. The topological polar surface area (TPSA) is 49.7 Å². The molecule has 0 aromatic rings. The number of aliphatic imine (C=N–C) groups is 1. The van der Waals surface area contributed by atoms with Crippen LogP contribution in [0, 0.1) is 5.92 Å². The van der Waals surface area contributed by atoms with Crippen molar-refractivity contribution in [3.63, 3.8) is 0 Å². The minimum absolute atomic E-state index is 0.0295. The summed E-state index contributed by atoms with van der Waals surface area (Å²) in [6, 6.07) is 0. The molecule has 0 heterocycles. The van der Waals surface area contributed by atoms with Crippen LogP contribution in [0.1, 0.15) is 33.6 Å². The fourth-order valence-corrected chi connectivity index (χ4v) is 0.667. The van der Waals surface area contributed by atoms with Crippen molar-refractivity contribution >= 4 is 11.6 Å². The molecule has 0 aliphatic heterocycles. The Morgan fingerprint density at radius 1 is 1.50 bits per heavy atom. The lowest BCUT2D eigenvalue weighted by atomic mass is 10.1. The Hall–Kier alpha value is -0.700. The smallest absolute Gasteiger partial charge is 0.248 e. The zero-order valence-electron chi connectivity index (χ0n) is 8.00. The third kappa shape index (κ3) is 3.62. The molecule has 3 heteroatoms. The van der Waals surface area contributed by atoms with Crippen LogP contribution in [0.2, 0.25) is 0 Å². The zero-order valence-corrected chi connectivity index (χ0v) is 8.00. The summed E-state index contributed by atoms with van der Waals surface area (Å²) in [5, 5.41) is 8.75. The molecular weight excluding hydrogens is 154 g/mol. The first-order chi connectivity index (χ1) is 5.65. The van der Waals surface area contributed by atoms with E-state index in [0.717, 1.165) is 6.42 Å².